The topological polar surface area (TPSA) is 62.3 Å². The van der Waals surface area contributed by atoms with Crippen molar-refractivity contribution in [3.05, 3.63) is 17.5 Å². The first-order valence-electron chi connectivity index (χ1n) is 11.2. The molecule has 0 saturated heterocycles. The molecule has 1 aromatic heterocycles. The Morgan fingerprint density at radius 3 is 2.52 bits per heavy atom. The normalized spacial score (nSPS) is 17.9. The molecular formula is C23H34IN3O2. The number of nitrogens with zero attached hydrogens (tertiary/aromatic N) is 2. The van der Waals surface area contributed by atoms with E-state index in [4.69, 9.17) is 0 Å². The van der Waals surface area contributed by atoms with Gasteiger partial charge in [-0.1, -0.05) is 61.1 Å². The third-order valence-corrected chi connectivity index (χ3v) is 7.02. The van der Waals surface area contributed by atoms with Gasteiger partial charge in [0.25, 0.3) is 0 Å². The number of hydrogen-bond donors (Lipinski definition) is 1. The summed E-state index contributed by atoms with van der Waals surface area (Å²) in [4.78, 5) is 32.0. The minimum atomic E-state index is 0.0835. The summed E-state index contributed by atoms with van der Waals surface area (Å²) < 4.78 is 1.14. The summed E-state index contributed by atoms with van der Waals surface area (Å²) in [6.45, 7) is 0.917. The SMILES string of the molecule is CN(CCCCI)c1c(NC(=O)C2CCCCCCCC2)cnc2c1CCC2=O. The summed E-state index contributed by atoms with van der Waals surface area (Å²) in [5, 5.41) is 3.21. The molecule has 0 bridgehead atoms. The maximum absolute atomic E-state index is 13.1. The number of rotatable bonds is 7. The van der Waals surface area contributed by atoms with Crippen LogP contribution in [0.2, 0.25) is 0 Å². The number of aromatic nitrogens is 1. The van der Waals surface area contributed by atoms with Crippen molar-refractivity contribution in [2.75, 3.05) is 28.2 Å². The Balaban J connectivity index is 1.80. The van der Waals surface area contributed by atoms with E-state index in [0.717, 1.165) is 66.4 Å². The molecule has 2 aliphatic carbocycles. The lowest BCUT2D eigenvalue weighted by Gasteiger charge is -2.26. The smallest absolute Gasteiger partial charge is 0.227 e. The highest BCUT2D eigenvalue weighted by molar-refractivity contribution is 14.1. The average Bonchev–Trinajstić information content (AvgIpc) is 3.14. The molecule has 0 spiro atoms. The highest BCUT2D eigenvalue weighted by Gasteiger charge is 2.29. The van der Waals surface area contributed by atoms with E-state index in [0.29, 0.717) is 12.1 Å². The van der Waals surface area contributed by atoms with Gasteiger partial charge in [-0.2, -0.15) is 0 Å². The Morgan fingerprint density at radius 2 is 1.83 bits per heavy atom. The van der Waals surface area contributed by atoms with E-state index in [9.17, 15) is 9.59 Å². The predicted octanol–water partition coefficient (Wildman–Crippen LogP) is 5.55. The second-order valence-electron chi connectivity index (χ2n) is 8.47. The van der Waals surface area contributed by atoms with Crippen molar-refractivity contribution in [2.24, 2.45) is 5.92 Å². The minimum Gasteiger partial charge on any atom is -0.373 e. The van der Waals surface area contributed by atoms with Gasteiger partial charge in [0.15, 0.2) is 5.78 Å². The number of nitrogens with one attached hydrogen (secondary N) is 1. The van der Waals surface area contributed by atoms with Gasteiger partial charge in [0.1, 0.15) is 5.69 Å². The molecule has 1 heterocycles. The molecule has 2 aliphatic rings. The third-order valence-electron chi connectivity index (χ3n) is 6.26. The van der Waals surface area contributed by atoms with E-state index in [1.54, 1.807) is 6.20 Å². The summed E-state index contributed by atoms with van der Waals surface area (Å²) in [7, 11) is 2.07. The summed E-state index contributed by atoms with van der Waals surface area (Å²) >= 11 is 2.41. The molecule has 1 amide bonds. The van der Waals surface area contributed by atoms with E-state index >= 15 is 0 Å². The van der Waals surface area contributed by atoms with E-state index < -0.39 is 0 Å². The van der Waals surface area contributed by atoms with Crippen LogP contribution in [-0.2, 0) is 11.2 Å². The van der Waals surface area contributed by atoms with E-state index in [-0.39, 0.29) is 17.6 Å². The van der Waals surface area contributed by atoms with Gasteiger partial charge in [-0.25, -0.2) is 0 Å². The average molecular weight is 511 g/mol. The van der Waals surface area contributed by atoms with Crippen LogP contribution in [0.1, 0.15) is 86.7 Å². The maximum atomic E-state index is 13.1. The van der Waals surface area contributed by atoms with Gasteiger partial charge in [-0.3, -0.25) is 14.6 Å². The molecule has 1 saturated carbocycles. The predicted molar refractivity (Wildman–Crippen MR) is 127 cm³/mol. The molecule has 29 heavy (non-hydrogen) atoms. The minimum absolute atomic E-state index is 0.0835. The van der Waals surface area contributed by atoms with Crippen LogP contribution in [0.15, 0.2) is 6.20 Å². The largest absolute Gasteiger partial charge is 0.373 e. The number of alkyl halides is 1. The Morgan fingerprint density at radius 1 is 1.14 bits per heavy atom. The second kappa shape index (κ2) is 11.3. The molecule has 0 aliphatic heterocycles. The molecule has 0 aromatic carbocycles. The molecular weight excluding hydrogens is 477 g/mol. The Labute approximate surface area is 188 Å². The number of halogens is 1. The Hall–Kier alpha value is -1.18. The quantitative estimate of drug-likeness (QED) is 0.296. The van der Waals surface area contributed by atoms with E-state index in [1.807, 2.05) is 0 Å². The van der Waals surface area contributed by atoms with Crippen molar-refractivity contribution in [1.82, 2.24) is 4.98 Å². The second-order valence-corrected chi connectivity index (χ2v) is 9.55. The number of hydrogen-bond acceptors (Lipinski definition) is 4. The first kappa shape index (κ1) is 22.5. The molecule has 0 radical (unpaired) electrons. The van der Waals surface area contributed by atoms with Crippen LogP contribution in [-0.4, -0.2) is 34.7 Å². The van der Waals surface area contributed by atoms with Crippen molar-refractivity contribution >= 4 is 45.7 Å². The van der Waals surface area contributed by atoms with Gasteiger partial charge in [0.2, 0.25) is 5.91 Å². The monoisotopic (exact) mass is 511 g/mol. The Bertz CT molecular complexity index is 712. The van der Waals surface area contributed by atoms with Crippen molar-refractivity contribution in [1.29, 1.82) is 0 Å². The zero-order valence-electron chi connectivity index (χ0n) is 17.6. The number of ketones is 1. The van der Waals surface area contributed by atoms with Crippen LogP contribution in [0.25, 0.3) is 0 Å². The van der Waals surface area contributed by atoms with Gasteiger partial charge in [-0.15, -0.1) is 0 Å². The fourth-order valence-electron chi connectivity index (χ4n) is 4.59. The number of fused-ring (bicyclic) bond motifs is 1. The van der Waals surface area contributed by atoms with Crippen molar-refractivity contribution < 1.29 is 9.59 Å². The summed E-state index contributed by atoms with van der Waals surface area (Å²) in [5.41, 5.74) is 3.39. The van der Waals surface area contributed by atoms with Crippen molar-refractivity contribution in [3.63, 3.8) is 0 Å². The van der Waals surface area contributed by atoms with Crippen LogP contribution in [0.3, 0.4) is 0 Å². The number of carbonyl (C=O) groups excluding carboxylic acids is 2. The summed E-state index contributed by atoms with van der Waals surface area (Å²) in [6, 6.07) is 0. The molecule has 0 atom stereocenters. The van der Waals surface area contributed by atoms with E-state index in [1.165, 1.54) is 32.1 Å². The fourth-order valence-corrected chi connectivity index (χ4v) is 5.13. The zero-order chi connectivity index (χ0) is 20.6. The van der Waals surface area contributed by atoms with Gasteiger partial charge in [-0.05, 0) is 36.5 Å². The number of unbranched alkanes of at least 4 members (excludes halogenated alkanes) is 1. The first-order chi connectivity index (χ1) is 14.1. The van der Waals surface area contributed by atoms with Crippen LogP contribution >= 0.6 is 22.6 Å². The van der Waals surface area contributed by atoms with Gasteiger partial charge >= 0.3 is 0 Å². The number of pyridine rings is 1. The fraction of sp³-hybridized carbons (Fsp3) is 0.696. The maximum Gasteiger partial charge on any atom is 0.227 e. The van der Waals surface area contributed by atoms with Crippen molar-refractivity contribution in [3.8, 4) is 0 Å². The van der Waals surface area contributed by atoms with Gasteiger partial charge in [0, 0.05) is 31.5 Å². The number of Topliss-reactive ketones (excluding diaryl/α,β-unsaturated/α-hetero) is 1. The number of amides is 1. The molecule has 160 valence electrons. The number of anilines is 2. The molecule has 3 rings (SSSR count). The molecule has 0 unspecified atom stereocenters. The molecule has 1 N–H and O–H groups in total. The molecule has 1 fully saturated rings. The lowest BCUT2D eigenvalue weighted by atomic mass is 9.96. The standard InChI is InChI=1S/C23H34IN3O2/c1-27(15-9-8-14-24)22-18-12-13-20(28)21(18)25-16-19(22)26-23(29)17-10-6-4-2-3-5-7-11-17/h16-17H,2-15H2,1H3,(H,26,29). The van der Waals surface area contributed by atoms with Crippen LogP contribution in [0.5, 0.6) is 0 Å². The molecule has 1 aromatic rings. The first-order valence-corrected chi connectivity index (χ1v) is 12.8. The van der Waals surface area contributed by atoms with E-state index in [2.05, 4.69) is 44.8 Å². The van der Waals surface area contributed by atoms with Gasteiger partial charge < -0.3 is 10.2 Å². The lowest BCUT2D eigenvalue weighted by Crippen LogP contribution is -2.27. The third kappa shape index (κ3) is 5.92. The molecule has 5 nitrogen and oxygen atoms in total. The van der Waals surface area contributed by atoms with Crippen LogP contribution in [0, 0.1) is 5.92 Å². The number of carbonyl (C=O) groups is 2. The Kier molecular flexibility index (Phi) is 8.75. The summed E-state index contributed by atoms with van der Waals surface area (Å²) in [5.74, 6) is 0.330. The van der Waals surface area contributed by atoms with Crippen LogP contribution < -0.4 is 10.2 Å². The summed E-state index contributed by atoms with van der Waals surface area (Å²) in [6.07, 6.45) is 14.5. The highest BCUT2D eigenvalue weighted by atomic mass is 127. The van der Waals surface area contributed by atoms with Crippen molar-refractivity contribution in [2.45, 2.75) is 77.0 Å². The van der Waals surface area contributed by atoms with Gasteiger partial charge in [0.05, 0.1) is 17.6 Å². The van der Waals surface area contributed by atoms with Crippen LogP contribution in [0.4, 0.5) is 11.4 Å². The zero-order valence-corrected chi connectivity index (χ0v) is 19.8. The molecule has 6 heteroatoms. The lowest BCUT2D eigenvalue weighted by molar-refractivity contribution is -0.120. The highest BCUT2D eigenvalue weighted by Crippen LogP contribution is 2.36.